The summed E-state index contributed by atoms with van der Waals surface area (Å²) in [5, 5.41) is 10.0. The topological polar surface area (TPSA) is 61.9 Å². The molecule has 0 saturated heterocycles. The molecule has 0 spiro atoms. The molecule has 0 saturated carbocycles. The zero-order valence-electron chi connectivity index (χ0n) is 13.5. The molecule has 1 amide bonds. The van der Waals surface area contributed by atoms with Gasteiger partial charge < -0.3 is 4.90 Å². The second-order valence-corrected chi connectivity index (χ2v) is 7.48. The Kier molecular flexibility index (Phi) is 5.32. The molecule has 0 fully saturated rings. The van der Waals surface area contributed by atoms with Gasteiger partial charge in [0, 0.05) is 36.7 Å². The summed E-state index contributed by atoms with van der Waals surface area (Å²) in [6.07, 6.45) is 0.784. The Morgan fingerprint density at radius 2 is 2.04 bits per heavy atom. The molecule has 1 N–H and O–H groups in total. The van der Waals surface area contributed by atoms with E-state index in [-0.39, 0.29) is 5.91 Å². The standard InChI is InChI=1S/C17H18N4OS2/c1-21(2)16(22)13-7-5-12(6-8-13)11-24-17-18-15(19-20-17)10-14-4-3-9-23-14/h3-9H,10-11H2,1-2H3,(H,18,19,20). The van der Waals surface area contributed by atoms with Gasteiger partial charge in [-0.25, -0.2) is 4.98 Å². The summed E-state index contributed by atoms with van der Waals surface area (Å²) >= 11 is 3.30. The number of nitrogens with zero attached hydrogens (tertiary/aromatic N) is 3. The van der Waals surface area contributed by atoms with E-state index in [2.05, 4.69) is 26.6 Å². The maximum Gasteiger partial charge on any atom is 0.253 e. The number of amides is 1. The fraction of sp³-hybridized carbons (Fsp3) is 0.235. The molecule has 0 aliphatic heterocycles. The first kappa shape index (κ1) is 16.7. The third-order valence-corrected chi connectivity index (χ3v) is 5.20. The number of thioether (sulfide) groups is 1. The molecule has 0 aliphatic rings. The minimum atomic E-state index is 0.0152. The molecule has 5 nitrogen and oxygen atoms in total. The molecule has 0 radical (unpaired) electrons. The third kappa shape index (κ3) is 4.24. The van der Waals surface area contributed by atoms with Gasteiger partial charge in [-0.15, -0.1) is 16.4 Å². The molecule has 0 aliphatic carbocycles. The quantitative estimate of drug-likeness (QED) is 0.686. The number of carbonyl (C=O) groups excluding carboxylic acids is 1. The predicted molar refractivity (Wildman–Crippen MR) is 97.5 cm³/mol. The second-order valence-electron chi connectivity index (χ2n) is 5.51. The van der Waals surface area contributed by atoms with Crippen molar-refractivity contribution in [3.05, 3.63) is 63.6 Å². The van der Waals surface area contributed by atoms with E-state index in [1.165, 1.54) is 4.88 Å². The van der Waals surface area contributed by atoms with Crippen LogP contribution >= 0.6 is 23.1 Å². The highest BCUT2D eigenvalue weighted by atomic mass is 32.2. The van der Waals surface area contributed by atoms with Gasteiger partial charge in [-0.1, -0.05) is 30.0 Å². The lowest BCUT2D eigenvalue weighted by molar-refractivity contribution is 0.0827. The first-order valence-corrected chi connectivity index (χ1v) is 9.35. The number of carbonyl (C=O) groups is 1. The zero-order valence-corrected chi connectivity index (χ0v) is 15.2. The van der Waals surface area contributed by atoms with Gasteiger partial charge in [0.15, 0.2) is 0 Å². The molecule has 3 aromatic rings. The van der Waals surface area contributed by atoms with E-state index >= 15 is 0 Å². The van der Waals surface area contributed by atoms with Crippen LogP contribution in [-0.2, 0) is 12.2 Å². The molecule has 2 aromatic heterocycles. The van der Waals surface area contributed by atoms with Crippen molar-refractivity contribution in [2.75, 3.05) is 14.1 Å². The Labute approximate surface area is 149 Å². The van der Waals surface area contributed by atoms with Gasteiger partial charge in [0.2, 0.25) is 5.16 Å². The monoisotopic (exact) mass is 358 g/mol. The average Bonchev–Trinajstić information content (AvgIpc) is 3.25. The lowest BCUT2D eigenvalue weighted by Gasteiger charge is -2.10. The SMILES string of the molecule is CN(C)C(=O)c1ccc(CSc2n[nH]c(Cc3cccs3)n2)cc1. The predicted octanol–water partition coefficient (Wildman–Crippen LogP) is 3.45. The minimum absolute atomic E-state index is 0.0152. The minimum Gasteiger partial charge on any atom is -0.345 e. The zero-order chi connectivity index (χ0) is 16.9. The van der Waals surface area contributed by atoms with Crippen LogP contribution in [0.4, 0.5) is 0 Å². The Morgan fingerprint density at radius 1 is 1.25 bits per heavy atom. The summed E-state index contributed by atoms with van der Waals surface area (Å²) < 4.78 is 0. The lowest BCUT2D eigenvalue weighted by Crippen LogP contribution is -2.21. The highest BCUT2D eigenvalue weighted by molar-refractivity contribution is 7.98. The molecule has 124 valence electrons. The number of H-pyrrole nitrogens is 1. The molecule has 0 bridgehead atoms. The van der Waals surface area contributed by atoms with Crippen molar-refractivity contribution in [3.63, 3.8) is 0 Å². The fourth-order valence-corrected chi connectivity index (χ4v) is 3.63. The molecule has 0 unspecified atom stereocenters. The number of benzene rings is 1. The van der Waals surface area contributed by atoms with Gasteiger partial charge >= 0.3 is 0 Å². The first-order chi connectivity index (χ1) is 11.6. The van der Waals surface area contributed by atoms with Crippen molar-refractivity contribution in [3.8, 4) is 0 Å². The van der Waals surface area contributed by atoms with E-state index in [0.29, 0.717) is 5.56 Å². The fourth-order valence-electron chi connectivity index (χ4n) is 2.15. The van der Waals surface area contributed by atoms with Crippen LogP contribution in [0, 0.1) is 0 Å². The van der Waals surface area contributed by atoms with E-state index in [9.17, 15) is 4.79 Å². The summed E-state index contributed by atoms with van der Waals surface area (Å²) in [4.78, 5) is 19.2. The number of rotatable bonds is 6. The van der Waals surface area contributed by atoms with Crippen LogP contribution < -0.4 is 0 Å². The van der Waals surface area contributed by atoms with Crippen LogP contribution in [0.5, 0.6) is 0 Å². The van der Waals surface area contributed by atoms with E-state index in [1.54, 1.807) is 42.1 Å². The van der Waals surface area contributed by atoms with Crippen LogP contribution in [0.25, 0.3) is 0 Å². The van der Waals surface area contributed by atoms with Gasteiger partial charge in [0.05, 0.1) is 0 Å². The smallest absolute Gasteiger partial charge is 0.253 e. The lowest BCUT2D eigenvalue weighted by atomic mass is 10.1. The van der Waals surface area contributed by atoms with Crippen LogP contribution in [-0.4, -0.2) is 40.1 Å². The van der Waals surface area contributed by atoms with E-state index in [0.717, 1.165) is 28.7 Å². The Morgan fingerprint density at radius 3 is 2.71 bits per heavy atom. The largest absolute Gasteiger partial charge is 0.345 e. The number of aromatic amines is 1. The van der Waals surface area contributed by atoms with Gasteiger partial charge in [-0.05, 0) is 29.1 Å². The van der Waals surface area contributed by atoms with Crippen molar-refractivity contribution >= 4 is 29.0 Å². The second kappa shape index (κ2) is 7.63. The van der Waals surface area contributed by atoms with Gasteiger partial charge in [0.1, 0.15) is 5.82 Å². The Hall–Kier alpha value is -2.12. The summed E-state index contributed by atoms with van der Waals surface area (Å²) in [6, 6.07) is 11.8. The van der Waals surface area contributed by atoms with E-state index in [1.807, 2.05) is 30.3 Å². The maximum atomic E-state index is 11.9. The normalized spacial score (nSPS) is 10.8. The summed E-state index contributed by atoms with van der Waals surface area (Å²) in [6.45, 7) is 0. The molecule has 7 heteroatoms. The molecule has 0 atom stereocenters. The number of hydrogen-bond donors (Lipinski definition) is 1. The van der Waals surface area contributed by atoms with E-state index in [4.69, 9.17) is 0 Å². The molecular weight excluding hydrogens is 340 g/mol. The highest BCUT2D eigenvalue weighted by Crippen LogP contribution is 2.20. The molecule has 24 heavy (non-hydrogen) atoms. The third-order valence-electron chi connectivity index (χ3n) is 3.41. The summed E-state index contributed by atoms with van der Waals surface area (Å²) in [5.74, 6) is 1.67. The van der Waals surface area contributed by atoms with Crippen LogP contribution in [0.15, 0.2) is 46.9 Å². The van der Waals surface area contributed by atoms with Crippen LogP contribution in [0.1, 0.15) is 26.6 Å². The molecule has 1 aromatic carbocycles. The number of thiophene rings is 1. The average molecular weight is 358 g/mol. The van der Waals surface area contributed by atoms with Gasteiger partial charge in [-0.2, -0.15) is 0 Å². The Bertz CT molecular complexity index is 794. The van der Waals surface area contributed by atoms with Crippen LogP contribution in [0.2, 0.25) is 0 Å². The molecule has 3 rings (SSSR count). The summed E-state index contributed by atoms with van der Waals surface area (Å²) in [5.41, 5.74) is 1.84. The summed E-state index contributed by atoms with van der Waals surface area (Å²) in [7, 11) is 3.51. The van der Waals surface area contributed by atoms with Crippen LogP contribution in [0.3, 0.4) is 0 Å². The number of aromatic nitrogens is 3. The van der Waals surface area contributed by atoms with E-state index < -0.39 is 0 Å². The number of nitrogens with one attached hydrogen (secondary N) is 1. The van der Waals surface area contributed by atoms with Crippen molar-refractivity contribution < 1.29 is 4.79 Å². The van der Waals surface area contributed by atoms with Gasteiger partial charge in [-0.3, -0.25) is 9.89 Å². The maximum absolute atomic E-state index is 11.9. The molecular formula is C17H18N4OS2. The van der Waals surface area contributed by atoms with Crippen molar-refractivity contribution in [1.29, 1.82) is 0 Å². The van der Waals surface area contributed by atoms with Crippen molar-refractivity contribution in [1.82, 2.24) is 20.1 Å². The first-order valence-electron chi connectivity index (χ1n) is 7.49. The molecule has 2 heterocycles. The van der Waals surface area contributed by atoms with Crippen molar-refractivity contribution in [2.24, 2.45) is 0 Å². The Balaban J connectivity index is 1.56. The number of hydrogen-bond acceptors (Lipinski definition) is 5. The van der Waals surface area contributed by atoms with Gasteiger partial charge in [0.25, 0.3) is 5.91 Å². The highest BCUT2D eigenvalue weighted by Gasteiger charge is 2.09. The van der Waals surface area contributed by atoms with Crippen molar-refractivity contribution in [2.45, 2.75) is 17.3 Å².